The molecule has 0 aliphatic carbocycles. The molecule has 1 aliphatic rings. The van der Waals surface area contributed by atoms with Gasteiger partial charge >= 0.3 is 5.97 Å². The van der Waals surface area contributed by atoms with Crippen LogP contribution >= 0.6 is 0 Å². The van der Waals surface area contributed by atoms with E-state index in [1.165, 1.54) is 12.8 Å². The summed E-state index contributed by atoms with van der Waals surface area (Å²) < 4.78 is 0. The van der Waals surface area contributed by atoms with Gasteiger partial charge in [0.1, 0.15) is 0 Å². The molecule has 5 nitrogen and oxygen atoms in total. The number of carboxylic acids is 1. The molecule has 1 aliphatic heterocycles. The number of carbonyl (C=O) groups excluding carboxylic acids is 1. The first kappa shape index (κ1) is 17.0. The highest BCUT2D eigenvalue weighted by atomic mass is 16.4. The molecule has 5 heteroatoms. The van der Waals surface area contributed by atoms with Gasteiger partial charge in [0.05, 0.1) is 0 Å². The summed E-state index contributed by atoms with van der Waals surface area (Å²) in [7, 11) is 0. The van der Waals surface area contributed by atoms with Crippen molar-refractivity contribution in [1.29, 1.82) is 0 Å². The third-order valence-electron chi connectivity index (χ3n) is 3.94. The molecule has 20 heavy (non-hydrogen) atoms. The number of hydrogen-bond donors (Lipinski definition) is 2. The van der Waals surface area contributed by atoms with Crippen LogP contribution in [0.2, 0.25) is 0 Å². The molecule has 0 radical (unpaired) electrons. The van der Waals surface area contributed by atoms with E-state index >= 15 is 0 Å². The van der Waals surface area contributed by atoms with E-state index in [0.717, 1.165) is 13.1 Å². The van der Waals surface area contributed by atoms with E-state index in [1.54, 1.807) is 6.92 Å². The molecule has 1 saturated heterocycles. The van der Waals surface area contributed by atoms with Gasteiger partial charge < -0.3 is 10.4 Å². The largest absolute Gasteiger partial charge is 0.481 e. The van der Waals surface area contributed by atoms with E-state index in [1.807, 2.05) is 0 Å². The Morgan fingerprint density at radius 2 is 1.75 bits per heavy atom. The summed E-state index contributed by atoms with van der Waals surface area (Å²) in [6, 6.07) is 0.385. The second-order valence-corrected chi connectivity index (χ2v) is 6.27. The summed E-state index contributed by atoms with van der Waals surface area (Å²) in [5.41, 5.74) is 0. The second-order valence-electron chi connectivity index (χ2n) is 6.27. The molecule has 0 aromatic rings. The predicted octanol–water partition coefficient (Wildman–Crippen LogP) is 1.72. The second kappa shape index (κ2) is 8.25. The van der Waals surface area contributed by atoms with Crippen molar-refractivity contribution < 1.29 is 14.7 Å². The molecule has 2 unspecified atom stereocenters. The third kappa shape index (κ3) is 5.90. The minimum absolute atomic E-state index is 0.0383. The van der Waals surface area contributed by atoms with Gasteiger partial charge in [-0.1, -0.05) is 20.8 Å². The standard InChI is InChI=1S/C15H28N2O3/c1-11(2)13(17-6-4-5-7-17)10-16-14(18)8-12(3)9-15(19)20/h11-13H,4-10H2,1-3H3,(H,16,18)(H,19,20). The molecular formula is C15H28N2O3. The highest BCUT2D eigenvalue weighted by Crippen LogP contribution is 2.17. The number of hydrogen-bond acceptors (Lipinski definition) is 3. The Hall–Kier alpha value is -1.10. The fraction of sp³-hybridized carbons (Fsp3) is 0.867. The lowest BCUT2D eigenvalue weighted by Gasteiger charge is -2.31. The number of nitrogens with one attached hydrogen (secondary N) is 1. The van der Waals surface area contributed by atoms with Gasteiger partial charge in [0.25, 0.3) is 0 Å². The van der Waals surface area contributed by atoms with E-state index in [0.29, 0.717) is 18.5 Å². The molecule has 2 atom stereocenters. The maximum atomic E-state index is 11.9. The van der Waals surface area contributed by atoms with Crippen LogP contribution < -0.4 is 5.32 Å². The van der Waals surface area contributed by atoms with Gasteiger partial charge in [0.15, 0.2) is 0 Å². The summed E-state index contributed by atoms with van der Waals surface area (Å²) in [5.74, 6) is -0.493. The zero-order valence-electron chi connectivity index (χ0n) is 12.9. The molecule has 0 aromatic carbocycles. The van der Waals surface area contributed by atoms with Crippen LogP contribution in [0.3, 0.4) is 0 Å². The first-order valence-corrected chi connectivity index (χ1v) is 7.62. The molecule has 0 bridgehead atoms. The Morgan fingerprint density at radius 1 is 1.15 bits per heavy atom. The van der Waals surface area contributed by atoms with Gasteiger partial charge in [-0.15, -0.1) is 0 Å². The Balaban J connectivity index is 2.35. The maximum absolute atomic E-state index is 11.9. The predicted molar refractivity (Wildman–Crippen MR) is 78.5 cm³/mol. The zero-order valence-corrected chi connectivity index (χ0v) is 12.9. The summed E-state index contributed by atoms with van der Waals surface area (Å²) in [4.78, 5) is 24.9. The van der Waals surface area contributed by atoms with Gasteiger partial charge in [-0.2, -0.15) is 0 Å². The van der Waals surface area contributed by atoms with Crippen molar-refractivity contribution in [3.63, 3.8) is 0 Å². The summed E-state index contributed by atoms with van der Waals surface area (Å²) in [5, 5.41) is 11.7. The number of amides is 1. The maximum Gasteiger partial charge on any atom is 0.303 e. The summed E-state index contributed by atoms with van der Waals surface area (Å²) in [6.45, 7) is 9.07. The van der Waals surface area contributed by atoms with Gasteiger partial charge in [-0.05, 0) is 37.8 Å². The van der Waals surface area contributed by atoms with Crippen LogP contribution in [0.25, 0.3) is 0 Å². The minimum Gasteiger partial charge on any atom is -0.481 e. The Morgan fingerprint density at radius 3 is 2.25 bits per heavy atom. The Labute approximate surface area is 121 Å². The van der Waals surface area contributed by atoms with Crippen molar-refractivity contribution >= 4 is 11.9 Å². The molecule has 1 fully saturated rings. The molecule has 116 valence electrons. The lowest BCUT2D eigenvalue weighted by Crippen LogP contribution is -2.45. The monoisotopic (exact) mass is 284 g/mol. The van der Waals surface area contributed by atoms with Crippen molar-refractivity contribution in [2.24, 2.45) is 11.8 Å². The van der Waals surface area contributed by atoms with Crippen LogP contribution in [0.4, 0.5) is 0 Å². The molecule has 0 aromatic heterocycles. The summed E-state index contributed by atoms with van der Waals surface area (Å²) in [6.07, 6.45) is 2.82. The van der Waals surface area contributed by atoms with Crippen LogP contribution in [-0.4, -0.2) is 47.6 Å². The van der Waals surface area contributed by atoms with E-state index in [9.17, 15) is 9.59 Å². The quantitative estimate of drug-likeness (QED) is 0.712. The van der Waals surface area contributed by atoms with Crippen LogP contribution in [0.15, 0.2) is 0 Å². The van der Waals surface area contributed by atoms with E-state index in [-0.39, 0.29) is 24.7 Å². The van der Waals surface area contributed by atoms with Crippen LogP contribution in [0.1, 0.15) is 46.5 Å². The van der Waals surface area contributed by atoms with E-state index < -0.39 is 5.97 Å². The number of aliphatic carboxylic acids is 1. The normalized spacial score (nSPS) is 19.0. The Kier molecular flexibility index (Phi) is 6.99. The first-order valence-electron chi connectivity index (χ1n) is 7.62. The topological polar surface area (TPSA) is 69.6 Å². The lowest BCUT2D eigenvalue weighted by atomic mass is 10.0. The highest BCUT2D eigenvalue weighted by molar-refractivity contribution is 5.77. The molecule has 2 N–H and O–H groups in total. The van der Waals surface area contributed by atoms with Crippen molar-refractivity contribution in [1.82, 2.24) is 10.2 Å². The number of nitrogens with zero attached hydrogens (tertiary/aromatic N) is 1. The van der Waals surface area contributed by atoms with Crippen molar-refractivity contribution in [3.8, 4) is 0 Å². The van der Waals surface area contributed by atoms with Crippen LogP contribution in [0.5, 0.6) is 0 Å². The van der Waals surface area contributed by atoms with E-state index in [2.05, 4.69) is 24.1 Å². The molecule has 1 rings (SSSR count). The van der Waals surface area contributed by atoms with Gasteiger partial charge in [0, 0.05) is 25.4 Å². The molecule has 0 spiro atoms. The molecule has 1 heterocycles. The lowest BCUT2D eigenvalue weighted by molar-refractivity contribution is -0.138. The van der Waals surface area contributed by atoms with Gasteiger partial charge in [-0.25, -0.2) is 0 Å². The fourth-order valence-electron chi connectivity index (χ4n) is 2.84. The number of carbonyl (C=O) groups is 2. The zero-order chi connectivity index (χ0) is 15.1. The third-order valence-corrected chi connectivity index (χ3v) is 3.94. The van der Waals surface area contributed by atoms with Gasteiger partial charge in [0.2, 0.25) is 5.91 Å². The van der Waals surface area contributed by atoms with E-state index in [4.69, 9.17) is 5.11 Å². The first-order chi connectivity index (χ1) is 9.40. The van der Waals surface area contributed by atoms with Crippen molar-refractivity contribution in [2.75, 3.05) is 19.6 Å². The average Bonchev–Trinajstić information content (AvgIpc) is 2.80. The number of likely N-dealkylation sites (tertiary alicyclic amines) is 1. The number of carboxylic acid groups (broad SMARTS) is 1. The van der Waals surface area contributed by atoms with Crippen LogP contribution in [0, 0.1) is 11.8 Å². The minimum atomic E-state index is -0.845. The molecular weight excluding hydrogens is 256 g/mol. The highest BCUT2D eigenvalue weighted by Gasteiger charge is 2.25. The van der Waals surface area contributed by atoms with Crippen LogP contribution in [-0.2, 0) is 9.59 Å². The fourth-order valence-corrected chi connectivity index (χ4v) is 2.84. The van der Waals surface area contributed by atoms with Crippen molar-refractivity contribution in [3.05, 3.63) is 0 Å². The smallest absolute Gasteiger partial charge is 0.303 e. The Bertz CT molecular complexity index is 325. The van der Waals surface area contributed by atoms with Gasteiger partial charge in [-0.3, -0.25) is 14.5 Å². The average molecular weight is 284 g/mol. The van der Waals surface area contributed by atoms with Crippen molar-refractivity contribution in [2.45, 2.75) is 52.5 Å². The number of rotatable bonds is 8. The molecule has 1 amide bonds. The summed E-state index contributed by atoms with van der Waals surface area (Å²) >= 11 is 0. The molecule has 0 saturated carbocycles. The SMILES string of the molecule is CC(CC(=O)O)CC(=O)NCC(C(C)C)N1CCCC1.